The molecule has 1 aliphatic rings. The van der Waals surface area contributed by atoms with Crippen molar-refractivity contribution >= 4 is 51.9 Å². The molecular weight excluding hydrogens is 396 g/mol. The number of rotatable bonds is 4. The monoisotopic (exact) mass is 418 g/mol. The summed E-state index contributed by atoms with van der Waals surface area (Å²) in [5.41, 5.74) is 13.4. The van der Waals surface area contributed by atoms with E-state index in [4.69, 9.17) is 12.2 Å². The lowest BCUT2D eigenvalue weighted by Gasteiger charge is -2.22. The van der Waals surface area contributed by atoms with Crippen LogP contribution in [0.4, 0.5) is 17.1 Å². The van der Waals surface area contributed by atoms with Crippen LogP contribution in [0.2, 0.25) is 0 Å². The number of nitrogens with one attached hydrogen (secondary N) is 4. The normalized spacial score (nSPS) is 11.5. The molecule has 0 unspecified atom stereocenters. The van der Waals surface area contributed by atoms with E-state index in [0.29, 0.717) is 5.11 Å². The molecule has 0 bridgehead atoms. The molecule has 0 saturated carbocycles. The van der Waals surface area contributed by atoms with Crippen LogP contribution in [-0.2, 0) is 0 Å². The Labute approximate surface area is 180 Å². The predicted molar refractivity (Wildman–Crippen MR) is 128 cm³/mol. The molecule has 1 aliphatic heterocycles. The number of anilines is 3. The maximum absolute atomic E-state index is 5.41. The lowest BCUT2D eigenvalue weighted by Crippen LogP contribution is -2.39. The Morgan fingerprint density at radius 3 is 2.59 bits per heavy atom. The van der Waals surface area contributed by atoms with Gasteiger partial charge in [0.05, 0.1) is 17.1 Å². The van der Waals surface area contributed by atoms with Gasteiger partial charge >= 0.3 is 0 Å². The summed E-state index contributed by atoms with van der Waals surface area (Å²) in [6, 6.07) is 20.7. The highest BCUT2D eigenvalue weighted by Crippen LogP contribution is 2.44. The smallest absolute Gasteiger partial charge is 0.189 e. The molecule has 4 rings (SSSR count). The highest BCUT2D eigenvalue weighted by Gasteiger charge is 2.16. The molecule has 4 nitrogen and oxygen atoms in total. The van der Waals surface area contributed by atoms with E-state index in [0.717, 1.165) is 28.3 Å². The first kappa shape index (κ1) is 19.4. The summed E-state index contributed by atoms with van der Waals surface area (Å²) >= 11 is 7.17. The molecule has 0 aliphatic carbocycles. The molecule has 146 valence electrons. The topological polar surface area (TPSA) is 48.1 Å². The molecule has 0 atom stereocenters. The van der Waals surface area contributed by atoms with Crippen molar-refractivity contribution in [3.8, 4) is 0 Å². The molecule has 6 heteroatoms. The van der Waals surface area contributed by atoms with E-state index in [1.165, 1.54) is 20.9 Å². The van der Waals surface area contributed by atoms with Crippen LogP contribution in [0, 0.1) is 13.8 Å². The second kappa shape index (κ2) is 8.19. The number of aryl methyl sites for hydroxylation is 1. The number of hydrogen-bond acceptors (Lipinski definition) is 4. The zero-order valence-electron chi connectivity index (χ0n) is 16.3. The Morgan fingerprint density at radius 2 is 1.72 bits per heavy atom. The van der Waals surface area contributed by atoms with Gasteiger partial charge in [0, 0.05) is 21.0 Å². The summed E-state index contributed by atoms with van der Waals surface area (Å²) < 4.78 is 0. The third kappa shape index (κ3) is 4.23. The molecule has 0 radical (unpaired) electrons. The Kier molecular flexibility index (Phi) is 5.47. The number of para-hydroxylation sites is 1. The molecule has 0 amide bonds. The molecule has 0 fully saturated rings. The van der Waals surface area contributed by atoms with Gasteiger partial charge in [0.2, 0.25) is 0 Å². The van der Waals surface area contributed by atoms with E-state index in [1.54, 1.807) is 11.8 Å². The van der Waals surface area contributed by atoms with Crippen LogP contribution < -0.4 is 21.5 Å². The zero-order chi connectivity index (χ0) is 20.4. The van der Waals surface area contributed by atoms with E-state index in [2.05, 4.69) is 84.4 Å². The molecule has 0 spiro atoms. The van der Waals surface area contributed by atoms with Gasteiger partial charge in [0.1, 0.15) is 0 Å². The first-order valence-corrected chi connectivity index (χ1v) is 10.5. The molecule has 3 aromatic rings. The molecule has 0 aromatic heterocycles. The molecule has 29 heavy (non-hydrogen) atoms. The Bertz CT molecular complexity index is 1110. The van der Waals surface area contributed by atoms with Crippen molar-refractivity contribution in [2.24, 2.45) is 0 Å². The lowest BCUT2D eigenvalue weighted by molar-refractivity contribution is 0.850. The van der Waals surface area contributed by atoms with Crippen molar-refractivity contribution in [3.05, 3.63) is 83.9 Å². The van der Waals surface area contributed by atoms with E-state index >= 15 is 0 Å². The second-order valence-corrected chi connectivity index (χ2v) is 8.36. The van der Waals surface area contributed by atoms with E-state index in [9.17, 15) is 0 Å². The van der Waals surface area contributed by atoms with Gasteiger partial charge < -0.3 is 10.6 Å². The van der Waals surface area contributed by atoms with Crippen molar-refractivity contribution in [1.29, 1.82) is 0 Å². The summed E-state index contributed by atoms with van der Waals surface area (Å²) in [6.07, 6.45) is 0. The van der Waals surface area contributed by atoms with Gasteiger partial charge in [0.15, 0.2) is 5.11 Å². The lowest BCUT2D eigenvalue weighted by atomic mass is 10.1. The number of fused-ring (bicyclic) bond motifs is 2. The van der Waals surface area contributed by atoms with Gasteiger partial charge in [-0.3, -0.25) is 10.9 Å². The molecule has 3 aromatic carbocycles. The molecule has 1 heterocycles. The fourth-order valence-corrected chi connectivity index (χ4v) is 4.20. The molecule has 4 N–H and O–H groups in total. The van der Waals surface area contributed by atoms with Crippen molar-refractivity contribution in [2.45, 2.75) is 23.6 Å². The Morgan fingerprint density at radius 1 is 0.931 bits per heavy atom. The summed E-state index contributed by atoms with van der Waals surface area (Å²) in [4.78, 5) is 2.43. The molecule has 0 saturated heterocycles. The summed E-state index contributed by atoms with van der Waals surface area (Å²) in [6.45, 7) is 8.29. The van der Waals surface area contributed by atoms with Crippen molar-refractivity contribution in [3.63, 3.8) is 0 Å². The number of hydrogen-bond donors (Lipinski definition) is 4. The third-order valence-corrected chi connectivity index (χ3v) is 6.24. The fraction of sp³-hybridized carbons (Fsp3) is 0.0870. The van der Waals surface area contributed by atoms with Crippen molar-refractivity contribution in [2.75, 3.05) is 10.6 Å². The van der Waals surface area contributed by atoms with Gasteiger partial charge in [-0.1, -0.05) is 48.7 Å². The van der Waals surface area contributed by atoms with Crippen molar-refractivity contribution < 1.29 is 0 Å². The van der Waals surface area contributed by atoms with Crippen molar-refractivity contribution in [1.82, 2.24) is 10.9 Å². The SMILES string of the molecule is C=C(NNC(=S)Nc1cccc(C)c1C)c1ccc2c(c1)Nc1ccccc1S2. The second-order valence-electron chi connectivity index (χ2n) is 6.86. The van der Waals surface area contributed by atoms with Crippen LogP contribution in [-0.4, -0.2) is 5.11 Å². The van der Waals surface area contributed by atoms with E-state index < -0.39 is 0 Å². The van der Waals surface area contributed by atoms with Crippen LogP contribution in [0.1, 0.15) is 16.7 Å². The van der Waals surface area contributed by atoms with Crippen LogP contribution in [0.5, 0.6) is 0 Å². The average molecular weight is 419 g/mol. The standard InChI is InChI=1S/C23H22N4S2/c1-14-7-6-9-18(15(14)2)25-23(28)27-26-16(3)17-11-12-22-20(13-17)24-19-8-4-5-10-21(19)29-22/h4-13,24,26H,3H2,1-2H3,(H2,25,27,28). The van der Waals surface area contributed by atoms with Gasteiger partial charge in [0.25, 0.3) is 0 Å². The largest absolute Gasteiger partial charge is 0.354 e. The van der Waals surface area contributed by atoms with Gasteiger partial charge in [-0.2, -0.15) is 0 Å². The number of hydrazine groups is 1. The van der Waals surface area contributed by atoms with Gasteiger partial charge in [-0.05, 0) is 67.5 Å². The maximum atomic E-state index is 5.41. The van der Waals surface area contributed by atoms with Crippen LogP contribution >= 0.6 is 24.0 Å². The van der Waals surface area contributed by atoms with E-state index in [1.807, 2.05) is 18.2 Å². The Hall–Kier alpha value is -2.96. The average Bonchev–Trinajstić information content (AvgIpc) is 2.73. The molecular formula is C23H22N4S2. The zero-order valence-corrected chi connectivity index (χ0v) is 17.9. The first-order valence-electron chi connectivity index (χ1n) is 9.28. The van der Waals surface area contributed by atoms with Crippen LogP contribution in [0.15, 0.2) is 77.0 Å². The summed E-state index contributed by atoms with van der Waals surface area (Å²) in [5, 5.41) is 7.20. The summed E-state index contributed by atoms with van der Waals surface area (Å²) in [5.74, 6) is 0. The predicted octanol–water partition coefficient (Wildman–Crippen LogP) is 5.97. The number of thiocarbonyl (C=S) groups is 1. The fourth-order valence-electron chi connectivity index (χ4n) is 3.07. The van der Waals surface area contributed by atoms with Gasteiger partial charge in [-0.15, -0.1) is 0 Å². The highest BCUT2D eigenvalue weighted by atomic mass is 32.2. The maximum Gasteiger partial charge on any atom is 0.189 e. The Balaban J connectivity index is 1.39. The number of benzene rings is 3. The van der Waals surface area contributed by atoms with Crippen LogP contribution in [0.25, 0.3) is 5.70 Å². The minimum absolute atomic E-state index is 0.486. The minimum Gasteiger partial charge on any atom is -0.354 e. The first-order chi connectivity index (χ1) is 14.0. The summed E-state index contributed by atoms with van der Waals surface area (Å²) in [7, 11) is 0. The highest BCUT2D eigenvalue weighted by molar-refractivity contribution is 7.99. The quantitative estimate of drug-likeness (QED) is 0.242. The van der Waals surface area contributed by atoms with Crippen LogP contribution in [0.3, 0.4) is 0 Å². The van der Waals surface area contributed by atoms with Gasteiger partial charge in [-0.25, -0.2) is 0 Å². The van der Waals surface area contributed by atoms with E-state index in [-0.39, 0.29) is 0 Å². The minimum atomic E-state index is 0.486. The third-order valence-electron chi connectivity index (χ3n) is 4.88.